The third-order valence-electron chi connectivity index (χ3n) is 2.40. The normalized spacial score (nSPS) is 9.89. The summed E-state index contributed by atoms with van der Waals surface area (Å²) in [7, 11) is 1.61. The van der Waals surface area contributed by atoms with E-state index in [1.165, 1.54) is 0 Å². The second kappa shape index (κ2) is 5.15. The molecule has 0 fully saturated rings. The van der Waals surface area contributed by atoms with Crippen molar-refractivity contribution in [2.75, 3.05) is 7.11 Å². The van der Waals surface area contributed by atoms with E-state index in [1.54, 1.807) is 7.11 Å². The number of hydrogen-bond donors (Lipinski definition) is 0. The van der Waals surface area contributed by atoms with Crippen LogP contribution in [0.1, 0.15) is 11.5 Å². The monoisotopic (exact) mass is 303 g/mol. The summed E-state index contributed by atoms with van der Waals surface area (Å²) in [6, 6.07) is 9.45. The van der Waals surface area contributed by atoms with Crippen molar-refractivity contribution >= 4 is 15.9 Å². The summed E-state index contributed by atoms with van der Waals surface area (Å²) in [5, 5.41) is 8.87. The van der Waals surface area contributed by atoms with Gasteiger partial charge in [0.05, 0.1) is 17.3 Å². The first-order chi connectivity index (χ1) is 8.63. The van der Waals surface area contributed by atoms with Crippen LogP contribution in [0, 0.1) is 18.3 Å². The molecule has 90 valence electrons. The molecule has 0 saturated carbocycles. The second-order valence-corrected chi connectivity index (χ2v) is 4.53. The number of nitriles is 1. The van der Waals surface area contributed by atoms with Crippen molar-refractivity contribution in [1.29, 1.82) is 5.26 Å². The van der Waals surface area contributed by atoms with Gasteiger partial charge in [0.2, 0.25) is 5.82 Å². The quantitative estimate of drug-likeness (QED) is 0.855. The lowest BCUT2D eigenvalue weighted by molar-refractivity contribution is 0.412. The maximum atomic E-state index is 8.87. The Labute approximate surface area is 113 Å². The molecule has 2 aromatic rings. The van der Waals surface area contributed by atoms with Gasteiger partial charge in [-0.25, -0.2) is 9.97 Å². The Morgan fingerprint density at radius 2 is 2.06 bits per heavy atom. The lowest BCUT2D eigenvalue weighted by atomic mass is 10.1. The van der Waals surface area contributed by atoms with Crippen LogP contribution in [0.4, 0.5) is 0 Å². The molecule has 5 heteroatoms. The molecule has 0 aliphatic rings. The van der Waals surface area contributed by atoms with Gasteiger partial charge in [-0.2, -0.15) is 5.26 Å². The molecule has 0 aliphatic carbocycles. The van der Waals surface area contributed by atoms with Gasteiger partial charge in [0.25, 0.3) is 0 Å². The number of aromatic nitrogens is 2. The molecule has 0 unspecified atom stereocenters. The van der Waals surface area contributed by atoms with Crippen molar-refractivity contribution in [3.05, 3.63) is 40.3 Å². The van der Waals surface area contributed by atoms with Gasteiger partial charge in [0.15, 0.2) is 0 Å². The minimum Gasteiger partial charge on any atom is -0.496 e. The van der Waals surface area contributed by atoms with Crippen LogP contribution >= 0.6 is 15.9 Å². The molecular weight excluding hydrogens is 294 g/mol. The molecule has 0 bridgehead atoms. The fourth-order valence-corrected chi connectivity index (χ4v) is 2.13. The van der Waals surface area contributed by atoms with E-state index in [2.05, 4.69) is 25.9 Å². The Morgan fingerprint density at radius 3 is 2.67 bits per heavy atom. The van der Waals surface area contributed by atoms with Crippen LogP contribution in [0.15, 0.2) is 28.7 Å². The lowest BCUT2D eigenvalue weighted by Gasteiger charge is -2.06. The number of nitrogens with zero attached hydrogens (tertiary/aromatic N) is 3. The van der Waals surface area contributed by atoms with Gasteiger partial charge in [0.1, 0.15) is 11.8 Å². The molecule has 18 heavy (non-hydrogen) atoms. The summed E-state index contributed by atoms with van der Waals surface area (Å²) in [6.45, 7) is 1.84. The standard InChI is InChI=1S/C13H10BrN3O/c1-8-5-11(17-13(7-15)16-8)9-3-4-12(18-2)10(14)6-9/h3-6H,1-2H3. The van der Waals surface area contributed by atoms with Crippen LogP contribution in [-0.4, -0.2) is 17.1 Å². The van der Waals surface area contributed by atoms with Crippen LogP contribution in [0.2, 0.25) is 0 Å². The predicted octanol–water partition coefficient (Wildman–Crippen LogP) is 3.09. The van der Waals surface area contributed by atoms with Crippen LogP contribution in [-0.2, 0) is 0 Å². The predicted molar refractivity (Wildman–Crippen MR) is 71.2 cm³/mol. The Hall–Kier alpha value is -1.93. The molecule has 4 nitrogen and oxygen atoms in total. The van der Waals surface area contributed by atoms with Gasteiger partial charge < -0.3 is 4.74 Å². The summed E-state index contributed by atoms with van der Waals surface area (Å²) in [4.78, 5) is 8.21. The highest BCUT2D eigenvalue weighted by atomic mass is 79.9. The largest absolute Gasteiger partial charge is 0.496 e. The van der Waals surface area contributed by atoms with Crippen molar-refractivity contribution in [2.45, 2.75) is 6.92 Å². The van der Waals surface area contributed by atoms with Gasteiger partial charge in [0, 0.05) is 11.3 Å². The number of benzene rings is 1. The summed E-state index contributed by atoms with van der Waals surface area (Å²) in [5.41, 5.74) is 2.40. The maximum absolute atomic E-state index is 8.87. The molecule has 0 saturated heterocycles. The average molecular weight is 304 g/mol. The fraction of sp³-hybridized carbons (Fsp3) is 0.154. The SMILES string of the molecule is COc1ccc(-c2cc(C)nc(C#N)n2)cc1Br. The number of methoxy groups -OCH3 is 1. The number of aryl methyl sites for hydroxylation is 1. The minimum absolute atomic E-state index is 0.178. The van der Waals surface area contributed by atoms with Gasteiger partial charge in [-0.3, -0.25) is 0 Å². The van der Waals surface area contributed by atoms with Gasteiger partial charge in [-0.05, 0) is 47.1 Å². The molecule has 0 aliphatic heterocycles. The zero-order valence-electron chi connectivity index (χ0n) is 9.94. The number of hydrogen-bond acceptors (Lipinski definition) is 4. The summed E-state index contributed by atoms with van der Waals surface area (Å²) in [6.07, 6.45) is 0. The zero-order valence-corrected chi connectivity index (χ0v) is 11.5. The van der Waals surface area contributed by atoms with Crippen molar-refractivity contribution in [3.8, 4) is 23.1 Å². The molecule has 2 rings (SSSR count). The van der Waals surface area contributed by atoms with Gasteiger partial charge >= 0.3 is 0 Å². The Balaban J connectivity index is 2.52. The van der Waals surface area contributed by atoms with E-state index in [-0.39, 0.29) is 5.82 Å². The summed E-state index contributed by atoms with van der Waals surface area (Å²) >= 11 is 3.43. The fourth-order valence-electron chi connectivity index (χ4n) is 1.59. The van der Waals surface area contributed by atoms with Crippen molar-refractivity contribution in [3.63, 3.8) is 0 Å². The first-order valence-corrected chi connectivity index (χ1v) is 6.03. The highest BCUT2D eigenvalue weighted by Gasteiger charge is 2.07. The summed E-state index contributed by atoms with van der Waals surface area (Å²) in [5.74, 6) is 0.932. The van der Waals surface area contributed by atoms with E-state index in [9.17, 15) is 0 Å². The first-order valence-electron chi connectivity index (χ1n) is 5.23. The van der Waals surface area contributed by atoms with E-state index in [4.69, 9.17) is 10.00 Å². The van der Waals surface area contributed by atoms with Crippen molar-refractivity contribution in [2.24, 2.45) is 0 Å². The highest BCUT2D eigenvalue weighted by Crippen LogP contribution is 2.29. The minimum atomic E-state index is 0.178. The van der Waals surface area contributed by atoms with E-state index in [1.807, 2.05) is 37.3 Å². The molecule has 1 heterocycles. The summed E-state index contributed by atoms with van der Waals surface area (Å²) < 4.78 is 6.02. The number of rotatable bonds is 2. The Kier molecular flexibility index (Phi) is 3.58. The third kappa shape index (κ3) is 2.49. The number of ether oxygens (including phenoxy) is 1. The maximum Gasteiger partial charge on any atom is 0.232 e. The molecule has 0 radical (unpaired) electrons. The van der Waals surface area contributed by atoms with Gasteiger partial charge in [-0.15, -0.1) is 0 Å². The van der Waals surface area contributed by atoms with Crippen molar-refractivity contribution in [1.82, 2.24) is 9.97 Å². The molecule has 1 aromatic heterocycles. The molecule has 0 N–H and O–H groups in total. The van der Waals surface area contributed by atoms with E-state index in [0.29, 0.717) is 0 Å². The molecular formula is C13H10BrN3O. The van der Waals surface area contributed by atoms with Crippen LogP contribution < -0.4 is 4.74 Å². The molecule has 0 amide bonds. The molecule has 1 aromatic carbocycles. The molecule has 0 spiro atoms. The van der Waals surface area contributed by atoms with Crippen LogP contribution in [0.3, 0.4) is 0 Å². The van der Waals surface area contributed by atoms with E-state index < -0.39 is 0 Å². The Morgan fingerprint density at radius 1 is 1.28 bits per heavy atom. The second-order valence-electron chi connectivity index (χ2n) is 3.68. The number of halogens is 1. The average Bonchev–Trinajstić information content (AvgIpc) is 2.37. The Bertz CT molecular complexity index is 635. The lowest BCUT2D eigenvalue weighted by Crippen LogP contribution is -1.95. The van der Waals surface area contributed by atoms with Crippen LogP contribution in [0.25, 0.3) is 11.3 Å². The van der Waals surface area contributed by atoms with Gasteiger partial charge in [-0.1, -0.05) is 0 Å². The first kappa shape index (κ1) is 12.5. The zero-order chi connectivity index (χ0) is 13.1. The van der Waals surface area contributed by atoms with E-state index >= 15 is 0 Å². The van der Waals surface area contributed by atoms with Crippen molar-refractivity contribution < 1.29 is 4.74 Å². The topological polar surface area (TPSA) is 58.8 Å². The van der Waals surface area contributed by atoms with Crippen LogP contribution in [0.5, 0.6) is 5.75 Å². The smallest absolute Gasteiger partial charge is 0.232 e. The third-order valence-corrected chi connectivity index (χ3v) is 3.02. The highest BCUT2D eigenvalue weighted by molar-refractivity contribution is 9.10. The van der Waals surface area contributed by atoms with E-state index in [0.717, 1.165) is 27.2 Å². The molecule has 0 atom stereocenters.